The molecule has 1 fully saturated rings. The van der Waals surface area contributed by atoms with Crippen molar-refractivity contribution in [2.24, 2.45) is 0 Å². The summed E-state index contributed by atoms with van der Waals surface area (Å²) in [5.41, 5.74) is 2.32. The van der Waals surface area contributed by atoms with Crippen LogP contribution in [0.5, 0.6) is 0 Å². The molecule has 0 bridgehead atoms. The van der Waals surface area contributed by atoms with E-state index >= 15 is 0 Å². The molecule has 118 valence electrons. The molecule has 2 aromatic rings. The Hall–Kier alpha value is -1.85. The minimum absolute atomic E-state index is 0.0710. The monoisotopic (exact) mass is 302 g/mol. The standard InChI is InChI=1S/C17H22N2O3/c1-13-10-14-4-2-3-5-16(14)19(13)7-6-17(21)18-8-9-22-12-15(20)11-18/h2-5,10,15,20H,6-9,11-12H2,1H3/t15-/m0/s1. The summed E-state index contributed by atoms with van der Waals surface area (Å²) < 4.78 is 7.44. The quantitative estimate of drug-likeness (QED) is 0.936. The van der Waals surface area contributed by atoms with E-state index in [9.17, 15) is 9.90 Å². The first kappa shape index (κ1) is 15.1. The number of carbonyl (C=O) groups excluding carboxylic acids is 1. The average molecular weight is 302 g/mol. The smallest absolute Gasteiger partial charge is 0.224 e. The van der Waals surface area contributed by atoms with E-state index in [1.165, 1.54) is 5.39 Å². The molecule has 0 aliphatic carbocycles. The first-order valence-electron chi connectivity index (χ1n) is 7.73. The average Bonchev–Trinajstić information content (AvgIpc) is 2.67. The molecule has 1 amide bonds. The van der Waals surface area contributed by atoms with Crippen LogP contribution in [0.1, 0.15) is 12.1 Å². The number of carbonyl (C=O) groups is 1. The summed E-state index contributed by atoms with van der Waals surface area (Å²) in [6.45, 7) is 4.45. The van der Waals surface area contributed by atoms with Crippen molar-refractivity contribution in [2.75, 3.05) is 26.3 Å². The van der Waals surface area contributed by atoms with Gasteiger partial charge in [0.15, 0.2) is 0 Å². The fourth-order valence-corrected chi connectivity index (χ4v) is 3.03. The van der Waals surface area contributed by atoms with Gasteiger partial charge in [0.2, 0.25) is 5.91 Å². The number of aliphatic hydroxyl groups is 1. The summed E-state index contributed by atoms with van der Waals surface area (Å²) in [7, 11) is 0. The van der Waals surface area contributed by atoms with E-state index in [0.29, 0.717) is 39.3 Å². The van der Waals surface area contributed by atoms with Gasteiger partial charge in [-0.3, -0.25) is 4.79 Å². The molecule has 3 rings (SSSR count). The molecule has 22 heavy (non-hydrogen) atoms. The topological polar surface area (TPSA) is 54.7 Å². The maximum Gasteiger partial charge on any atom is 0.224 e. The van der Waals surface area contributed by atoms with Crippen molar-refractivity contribution >= 4 is 16.8 Å². The summed E-state index contributed by atoms with van der Waals surface area (Å²) in [4.78, 5) is 14.1. The molecule has 1 atom stereocenters. The number of fused-ring (bicyclic) bond motifs is 1. The normalized spacial score (nSPS) is 19.4. The SMILES string of the molecule is Cc1cc2ccccc2n1CCC(=O)N1CCOC[C@@H](O)C1. The lowest BCUT2D eigenvalue weighted by molar-refractivity contribution is -0.132. The highest BCUT2D eigenvalue weighted by Crippen LogP contribution is 2.19. The van der Waals surface area contributed by atoms with Crippen molar-refractivity contribution in [3.63, 3.8) is 0 Å². The van der Waals surface area contributed by atoms with Crippen molar-refractivity contribution in [1.82, 2.24) is 9.47 Å². The summed E-state index contributed by atoms with van der Waals surface area (Å²) in [5.74, 6) is 0.0710. The van der Waals surface area contributed by atoms with E-state index in [4.69, 9.17) is 4.74 Å². The van der Waals surface area contributed by atoms with Gasteiger partial charge in [-0.05, 0) is 24.4 Å². The predicted molar refractivity (Wildman–Crippen MR) is 84.7 cm³/mol. The Morgan fingerprint density at radius 3 is 3.09 bits per heavy atom. The molecule has 0 unspecified atom stereocenters. The summed E-state index contributed by atoms with van der Waals surface area (Å²) in [5, 5.41) is 10.9. The minimum atomic E-state index is -0.583. The van der Waals surface area contributed by atoms with Gasteiger partial charge in [0.25, 0.3) is 0 Å². The molecule has 5 heteroatoms. The Morgan fingerprint density at radius 1 is 1.41 bits per heavy atom. The highest BCUT2D eigenvalue weighted by Gasteiger charge is 2.20. The minimum Gasteiger partial charge on any atom is -0.389 e. The molecule has 1 aliphatic heterocycles. The van der Waals surface area contributed by atoms with Crippen LogP contribution in [-0.2, 0) is 16.1 Å². The second kappa shape index (κ2) is 6.50. The number of rotatable bonds is 3. The number of hydrogen-bond acceptors (Lipinski definition) is 3. The molecule has 1 saturated heterocycles. The Kier molecular flexibility index (Phi) is 4.45. The van der Waals surface area contributed by atoms with Gasteiger partial charge in [-0.15, -0.1) is 0 Å². The zero-order chi connectivity index (χ0) is 15.5. The van der Waals surface area contributed by atoms with E-state index < -0.39 is 6.10 Å². The molecule has 0 spiro atoms. The Morgan fingerprint density at radius 2 is 2.23 bits per heavy atom. The summed E-state index contributed by atoms with van der Waals surface area (Å²) in [6.07, 6.45) is -0.146. The number of nitrogens with zero attached hydrogens (tertiary/aromatic N) is 2. The molecule has 5 nitrogen and oxygen atoms in total. The van der Waals surface area contributed by atoms with Gasteiger partial charge < -0.3 is 19.3 Å². The van der Waals surface area contributed by atoms with E-state index in [0.717, 1.165) is 11.2 Å². The molecular formula is C17H22N2O3. The van der Waals surface area contributed by atoms with Gasteiger partial charge in [0.1, 0.15) is 0 Å². The Bertz CT molecular complexity index is 665. The van der Waals surface area contributed by atoms with Crippen LogP contribution in [0.4, 0.5) is 0 Å². The first-order valence-corrected chi connectivity index (χ1v) is 7.73. The third-order valence-electron chi connectivity index (χ3n) is 4.17. The number of hydrogen-bond donors (Lipinski definition) is 1. The van der Waals surface area contributed by atoms with Crippen LogP contribution < -0.4 is 0 Å². The zero-order valence-corrected chi connectivity index (χ0v) is 12.9. The molecule has 1 aromatic carbocycles. The molecule has 1 aromatic heterocycles. The maximum atomic E-state index is 12.4. The number of benzene rings is 1. The third kappa shape index (κ3) is 3.15. The number of aryl methyl sites for hydroxylation is 2. The largest absolute Gasteiger partial charge is 0.389 e. The van der Waals surface area contributed by atoms with Gasteiger partial charge >= 0.3 is 0 Å². The Balaban J connectivity index is 1.68. The van der Waals surface area contributed by atoms with E-state index in [1.807, 2.05) is 12.1 Å². The van der Waals surface area contributed by atoms with Crippen LogP contribution in [0.15, 0.2) is 30.3 Å². The molecular weight excluding hydrogens is 280 g/mol. The van der Waals surface area contributed by atoms with Gasteiger partial charge in [-0.1, -0.05) is 18.2 Å². The van der Waals surface area contributed by atoms with Crippen molar-refractivity contribution < 1.29 is 14.6 Å². The second-order valence-corrected chi connectivity index (χ2v) is 5.81. The van der Waals surface area contributed by atoms with E-state index in [2.05, 4.69) is 29.7 Å². The molecule has 0 saturated carbocycles. The van der Waals surface area contributed by atoms with Crippen LogP contribution in [-0.4, -0.2) is 52.9 Å². The highest BCUT2D eigenvalue weighted by atomic mass is 16.5. The number of β-amino-alcohol motifs (C(OH)–C–C–N with tert-alkyl or cyclic N) is 1. The van der Waals surface area contributed by atoms with E-state index in [-0.39, 0.29) is 5.91 Å². The third-order valence-corrected chi connectivity index (χ3v) is 4.17. The van der Waals surface area contributed by atoms with Gasteiger partial charge in [-0.25, -0.2) is 0 Å². The summed E-state index contributed by atoms with van der Waals surface area (Å²) in [6, 6.07) is 10.3. The number of amides is 1. The first-order chi connectivity index (χ1) is 10.6. The van der Waals surface area contributed by atoms with Crippen molar-refractivity contribution in [2.45, 2.75) is 26.0 Å². The number of ether oxygens (including phenoxy) is 1. The summed E-state index contributed by atoms with van der Waals surface area (Å²) >= 11 is 0. The fourth-order valence-electron chi connectivity index (χ4n) is 3.03. The van der Waals surface area contributed by atoms with E-state index in [1.54, 1.807) is 4.90 Å². The van der Waals surface area contributed by atoms with Crippen LogP contribution in [0.25, 0.3) is 10.9 Å². The van der Waals surface area contributed by atoms with Crippen LogP contribution >= 0.6 is 0 Å². The van der Waals surface area contributed by atoms with Gasteiger partial charge in [0.05, 0.1) is 19.3 Å². The fraction of sp³-hybridized carbons (Fsp3) is 0.471. The van der Waals surface area contributed by atoms with Crippen LogP contribution in [0.3, 0.4) is 0 Å². The molecule has 1 N–H and O–H groups in total. The zero-order valence-electron chi connectivity index (χ0n) is 12.9. The van der Waals surface area contributed by atoms with Gasteiger partial charge in [-0.2, -0.15) is 0 Å². The van der Waals surface area contributed by atoms with Crippen molar-refractivity contribution in [3.05, 3.63) is 36.0 Å². The predicted octanol–water partition coefficient (Wildman–Crippen LogP) is 1.56. The van der Waals surface area contributed by atoms with Gasteiger partial charge in [0, 0.05) is 37.3 Å². The second-order valence-electron chi connectivity index (χ2n) is 5.81. The van der Waals surface area contributed by atoms with Crippen molar-refractivity contribution in [3.8, 4) is 0 Å². The Labute approximate surface area is 130 Å². The highest BCUT2D eigenvalue weighted by molar-refractivity contribution is 5.81. The lowest BCUT2D eigenvalue weighted by atomic mass is 10.2. The number of aliphatic hydroxyl groups excluding tert-OH is 1. The lowest BCUT2D eigenvalue weighted by Gasteiger charge is -2.21. The molecule has 1 aliphatic rings. The molecule has 0 radical (unpaired) electrons. The van der Waals surface area contributed by atoms with Crippen LogP contribution in [0, 0.1) is 6.92 Å². The van der Waals surface area contributed by atoms with Crippen LogP contribution in [0.2, 0.25) is 0 Å². The lowest BCUT2D eigenvalue weighted by Crippen LogP contribution is -2.38. The van der Waals surface area contributed by atoms with Crippen molar-refractivity contribution in [1.29, 1.82) is 0 Å². The number of aromatic nitrogens is 1. The molecule has 2 heterocycles. The number of para-hydroxylation sites is 1. The maximum absolute atomic E-state index is 12.4.